The summed E-state index contributed by atoms with van der Waals surface area (Å²) in [4.78, 5) is 0. The Morgan fingerprint density at radius 1 is 1.29 bits per heavy atom. The normalized spacial score (nSPS) is 23.9. The Bertz CT molecular complexity index is 351. The summed E-state index contributed by atoms with van der Waals surface area (Å²) in [6.45, 7) is 5.41. The monoisotopic (exact) mass is 233 g/mol. The fourth-order valence-electron chi connectivity index (χ4n) is 2.48. The zero-order chi connectivity index (χ0) is 12.1. The molecule has 17 heavy (non-hydrogen) atoms. The highest BCUT2D eigenvalue weighted by Gasteiger charge is 2.28. The first-order valence-corrected chi connectivity index (χ1v) is 6.77. The number of para-hydroxylation sites is 1. The fourth-order valence-corrected chi connectivity index (χ4v) is 2.48. The van der Waals surface area contributed by atoms with Crippen molar-refractivity contribution in [2.24, 2.45) is 0 Å². The minimum atomic E-state index is 0.350. The summed E-state index contributed by atoms with van der Waals surface area (Å²) in [6, 6.07) is 8.83. The van der Waals surface area contributed by atoms with Gasteiger partial charge in [-0.1, -0.05) is 25.1 Å². The molecule has 94 valence electrons. The molecule has 2 atom stereocenters. The van der Waals surface area contributed by atoms with Gasteiger partial charge in [0.15, 0.2) is 0 Å². The van der Waals surface area contributed by atoms with Gasteiger partial charge < -0.3 is 10.1 Å². The smallest absolute Gasteiger partial charge is 0.122 e. The minimum absolute atomic E-state index is 0.350. The fraction of sp³-hybridized carbons (Fsp3) is 0.600. The van der Waals surface area contributed by atoms with Crippen molar-refractivity contribution in [1.29, 1.82) is 0 Å². The van der Waals surface area contributed by atoms with Crippen molar-refractivity contribution >= 4 is 0 Å². The van der Waals surface area contributed by atoms with E-state index in [2.05, 4.69) is 37.4 Å². The lowest BCUT2D eigenvalue weighted by Gasteiger charge is -2.23. The van der Waals surface area contributed by atoms with Gasteiger partial charge in [0.05, 0.1) is 0 Å². The number of aryl methyl sites for hydroxylation is 1. The van der Waals surface area contributed by atoms with Gasteiger partial charge in [-0.05, 0) is 50.8 Å². The largest absolute Gasteiger partial charge is 0.489 e. The highest BCUT2D eigenvalue weighted by molar-refractivity contribution is 5.32. The van der Waals surface area contributed by atoms with E-state index in [1.54, 1.807) is 0 Å². The minimum Gasteiger partial charge on any atom is -0.489 e. The number of nitrogens with one attached hydrogen (secondary N) is 1. The second-order valence-corrected chi connectivity index (χ2v) is 4.91. The molecule has 2 unspecified atom stereocenters. The molecule has 0 heterocycles. The summed E-state index contributed by atoms with van der Waals surface area (Å²) in [6.07, 6.45) is 5.24. The number of rotatable bonds is 5. The average molecular weight is 233 g/mol. The van der Waals surface area contributed by atoms with Crippen LogP contribution in [0, 0.1) is 6.92 Å². The van der Waals surface area contributed by atoms with E-state index in [4.69, 9.17) is 4.74 Å². The Kier molecular flexibility index (Phi) is 4.43. The van der Waals surface area contributed by atoms with Gasteiger partial charge in [-0.15, -0.1) is 0 Å². The maximum atomic E-state index is 6.15. The van der Waals surface area contributed by atoms with Crippen LogP contribution in [-0.2, 0) is 0 Å². The molecular formula is C15H23NO. The summed E-state index contributed by atoms with van der Waals surface area (Å²) in [5.41, 5.74) is 1.23. The molecule has 2 nitrogen and oxygen atoms in total. The van der Waals surface area contributed by atoms with Gasteiger partial charge in [-0.25, -0.2) is 0 Å². The number of hydrogen-bond acceptors (Lipinski definition) is 2. The predicted molar refractivity (Wildman–Crippen MR) is 71.5 cm³/mol. The molecule has 0 radical (unpaired) electrons. The third kappa shape index (κ3) is 3.22. The molecule has 0 amide bonds. The Balaban J connectivity index is 1.95. The van der Waals surface area contributed by atoms with E-state index in [1.807, 2.05) is 6.07 Å². The third-order valence-electron chi connectivity index (χ3n) is 3.48. The van der Waals surface area contributed by atoms with Crippen molar-refractivity contribution in [2.75, 3.05) is 6.54 Å². The topological polar surface area (TPSA) is 21.3 Å². The van der Waals surface area contributed by atoms with E-state index < -0.39 is 0 Å². The van der Waals surface area contributed by atoms with Crippen molar-refractivity contribution in [2.45, 2.75) is 51.7 Å². The van der Waals surface area contributed by atoms with Crippen LogP contribution >= 0.6 is 0 Å². The van der Waals surface area contributed by atoms with E-state index >= 15 is 0 Å². The van der Waals surface area contributed by atoms with Crippen molar-refractivity contribution in [3.63, 3.8) is 0 Å². The molecular weight excluding hydrogens is 210 g/mol. The zero-order valence-corrected chi connectivity index (χ0v) is 10.9. The van der Waals surface area contributed by atoms with Crippen LogP contribution in [0.25, 0.3) is 0 Å². The molecule has 1 fully saturated rings. The number of ether oxygens (including phenoxy) is 1. The summed E-state index contributed by atoms with van der Waals surface area (Å²) >= 11 is 0. The van der Waals surface area contributed by atoms with E-state index in [-0.39, 0.29) is 0 Å². The van der Waals surface area contributed by atoms with E-state index in [0.29, 0.717) is 12.1 Å². The number of hydrogen-bond donors (Lipinski definition) is 1. The maximum absolute atomic E-state index is 6.15. The molecule has 1 aliphatic carbocycles. The molecule has 0 bridgehead atoms. The Morgan fingerprint density at radius 2 is 2.12 bits per heavy atom. The van der Waals surface area contributed by atoms with Crippen LogP contribution in [0.3, 0.4) is 0 Å². The van der Waals surface area contributed by atoms with Crippen LogP contribution in [0.1, 0.15) is 38.2 Å². The van der Waals surface area contributed by atoms with Crippen molar-refractivity contribution in [3.8, 4) is 5.75 Å². The van der Waals surface area contributed by atoms with Crippen LogP contribution in [0.4, 0.5) is 0 Å². The average Bonchev–Trinajstić information content (AvgIpc) is 2.77. The van der Waals surface area contributed by atoms with Crippen LogP contribution in [0.15, 0.2) is 24.3 Å². The lowest BCUT2D eigenvalue weighted by molar-refractivity contribution is 0.174. The van der Waals surface area contributed by atoms with Gasteiger partial charge in [0.25, 0.3) is 0 Å². The quantitative estimate of drug-likeness (QED) is 0.842. The van der Waals surface area contributed by atoms with Crippen molar-refractivity contribution in [1.82, 2.24) is 5.32 Å². The second kappa shape index (κ2) is 6.06. The Hall–Kier alpha value is -1.02. The molecule has 0 spiro atoms. The van der Waals surface area contributed by atoms with Crippen LogP contribution in [0.5, 0.6) is 5.75 Å². The molecule has 0 saturated heterocycles. The molecule has 0 aromatic heterocycles. The summed E-state index contributed by atoms with van der Waals surface area (Å²) in [7, 11) is 0. The van der Waals surface area contributed by atoms with Gasteiger partial charge in [0.2, 0.25) is 0 Å². The molecule has 1 aromatic rings. The van der Waals surface area contributed by atoms with Crippen molar-refractivity contribution in [3.05, 3.63) is 29.8 Å². The first-order valence-electron chi connectivity index (χ1n) is 6.77. The standard InChI is InChI=1S/C15H23NO/c1-3-11-16-13-8-6-10-15(13)17-14-9-5-4-7-12(14)2/h4-5,7,9,13,15-16H,3,6,8,10-11H2,1-2H3. The van der Waals surface area contributed by atoms with E-state index in [0.717, 1.165) is 12.3 Å². The molecule has 1 N–H and O–H groups in total. The summed E-state index contributed by atoms with van der Waals surface area (Å²) in [5.74, 6) is 1.04. The lowest BCUT2D eigenvalue weighted by atomic mass is 10.2. The molecule has 2 heteroatoms. The lowest BCUT2D eigenvalue weighted by Crippen LogP contribution is -2.39. The Morgan fingerprint density at radius 3 is 2.88 bits per heavy atom. The van der Waals surface area contributed by atoms with Crippen molar-refractivity contribution < 1.29 is 4.74 Å². The maximum Gasteiger partial charge on any atom is 0.122 e. The van der Waals surface area contributed by atoms with Gasteiger partial charge in [-0.3, -0.25) is 0 Å². The molecule has 1 aliphatic rings. The first kappa shape index (κ1) is 12.4. The SMILES string of the molecule is CCCNC1CCCC1Oc1ccccc1C. The first-order chi connectivity index (χ1) is 8.31. The van der Waals surface area contributed by atoms with Crippen LogP contribution in [-0.4, -0.2) is 18.7 Å². The molecule has 1 aromatic carbocycles. The van der Waals surface area contributed by atoms with Gasteiger partial charge in [-0.2, -0.15) is 0 Å². The van der Waals surface area contributed by atoms with Gasteiger partial charge >= 0.3 is 0 Å². The second-order valence-electron chi connectivity index (χ2n) is 4.91. The number of benzene rings is 1. The molecule has 1 saturated carbocycles. The van der Waals surface area contributed by atoms with Gasteiger partial charge in [0.1, 0.15) is 11.9 Å². The predicted octanol–water partition coefficient (Wildman–Crippen LogP) is 3.29. The third-order valence-corrected chi connectivity index (χ3v) is 3.48. The molecule has 0 aliphatic heterocycles. The van der Waals surface area contributed by atoms with Gasteiger partial charge in [0, 0.05) is 6.04 Å². The van der Waals surface area contributed by atoms with E-state index in [9.17, 15) is 0 Å². The van der Waals surface area contributed by atoms with E-state index in [1.165, 1.54) is 31.2 Å². The summed E-state index contributed by atoms with van der Waals surface area (Å²) in [5, 5.41) is 3.60. The Labute approximate surface area is 104 Å². The van der Waals surface area contributed by atoms with Crippen LogP contribution in [0.2, 0.25) is 0 Å². The van der Waals surface area contributed by atoms with Crippen LogP contribution < -0.4 is 10.1 Å². The summed E-state index contributed by atoms with van der Waals surface area (Å²) < 4.78 is 6.15. The highest BCUT2D eigenvalue weighted by atomic mass is 16.5. The highest BCUT2D eigenvalue weighted by Crippen LogP contribution is 2.26. The molecule has 2 rings (SSSR count). The zero-order valence-electron chi connectivity index (χ0n) is 10.9.